The summed E-state index contributed by atoms with van der Waals surface area (Å²) in [6, 6.07) is 12.2. The maximum absolute atomic E-state index is 13.1. The second kappa shape index (κ2) is 9.54. The molecule has 7 heteroatoms. The third-order valence-corrected chi connectivity index (χ3v) is 7.16. The van der Waals surface area contributed by atoms with Gasteiger partial charge >= 0.3 is 0 Å². The van der Waals surface area contributed by atoms with Gasteiger partial charge in [-0.2, -0.15) is 0 Å². The van der Waals surface area contributed by atoms with Crippen molar-refractivity contribution in [3.63, 3.8) is 0 Å². The summed E-state index contributed by atoms with van der Waals surface area (Å²) < 4.78 is 4.46. The fourth-order valence-electron chi connectivity index (χ4n) is 5.16. The van der Waals surface area contributed by atoms with Gasteiger partial charge in [-0.3, -0.25) is 4.79 Å². The SMILES string of the molecule is CC.[B]c1ccc2c(c1)cc(-c1nc3cc(C(=O)N4CCCC(N)C4)ccn3c1C)n2CC1CC1. The normalized spacial score (nSPS) is 18.1. The molecule has 1 aromatic carbocycles. The summed E-state index contributed by atoms with van der Waals surface area (Å²) in [4.78, 5) is 20.0. The molecule has 4 heterocycles. The van der Waals surface area contributed by atoms with Crippen molar-refractivity contribution in [3.05, 3.63) is 53.9 Å². The number of aryl methyl sites for hydroxylation is 1. The van der Waals surface area contributed by atoms with E-state index in [0.717, 1.165) is 65.4 Å². The monoisotopic (exact) mass is 467 g/mol. The molecule has 180 valence electrons. The van der Waals surface area contributed by atoms with Crippen LogP contribution >= 0.6 is 0 Å². The molecule has 2 N–H and O–H groups in total. The zero-order valence-electron chi connectivity index (χ0n) is 21.0. The average Bonchev–Trinajstić information content (AvgIpc) is 3.54. The fraction of sp³-hybridized carbons (Fsp3) is 0.429. The number of nitrogens with two attached hydrogens (primary N) is 1. The third-order valence-electron chi connectivity index (χ3n) is 7.16. The Labute approximate surface area is 208 Å². The lowest BCUT2D eigenvalue weighted by molar-refractivity contribution is 0.0709. The van der Waals surface area contributed by atoms with Gasteiger partial charge in [0.15, 0.2) is 0 Å². The molecule has 6 rings (SSSR count). The molecule has 0 bridgehead atoms. The molecule has 0 spiro atoms. The number of carbonyl (C=O) groups excluding carboxylic acids is 1. The Bertz CT molecular complexity index is 1380. The maximum Gasteiger partial charge on any atom is 0.254 e. The molecule has 2 fully saturated rings. The third kappa shape index (κ3) is 4.50. The number of aromatic nitrogens is 3. The highest BCUT2D eigenvalue weighted by atomic mass is 16.2. The first-order chi connectivity index (χ1) is 17.0. The van der Waals surface area contributed by atoms with E-state index >= 15 is 0 Å². The summed E-state index contributed by atoms with van der Waals surface area (Å²) in [6.45, 7) is 8.47. The van der Waals surface area contributed by atoms with E-state index in [2.05, 4.69) is 28.0 Å². The number of rotatable bonds is 4. The largest absolute Gasteiger partial charge is 0.339 e. The number of carbonyl (C=O) groups is 1. The zero-order chi connectivity index (χ0) is 24.7. The van der Waals surface area contributed by atoms with Gasteiger partial charge in [0.05, 0.1) is 5.69 Å². The van der Waals surface area contributed by atoms with Crippen molar-refractivity contribution in [1.82, 2.24) is 18.9 Å². The summed E-state index contributed by atoms with van der Waals surface area (Å²) in [7, 11) is 6.07. The van der Waals surface area contributed by atoms with Crippen LogP contribution in [0.4, 0.5) is 0 Å². The van der Waals surface area contributed by atoms with Gasteiger partial charge in [0.25, 0.3) is 5.91 Å². The topological polar surface area (TPSA) is 68.6 Å². The minimum Gasteiger partial charge on any atom is -0.339 e. The van der Waals surface area contributed by atoms with Gasteiger partial charge in [-0.1, -0.05) is 31.4 Å². The molecule has 1 atom stereocenters. The average molecular weight is 467 g/mol. The van der Waals surface area contributed by atoms with Crippen molar-refractivity contribution in [1.29, 1.82) is 0 Å². The van der Waals surface area contributed by atoms with Gasteiger partial charge in [0.1, 0.15) is 19.2 Å². The molecule has 1 aliphatic heterocycles. The predicted molar refractivity (Wildman–Crippen MR) is 143 cm³/mol. The number of amides is 1. The number of likely N-dealkylation sites (tertiary alicyclic amines) is 1. The molecular weight excluding hydrogens is 433 g/mol. The Morgan fingerprint density at radius 2 is 1.94 bits per heavy atom. The molecule has 1 amide bonds. The number of hydrogen-bond donors (Lipinski definition) is 1. The van der Waals surface area contributed by atoms with E-state index in [1.165, 1.54) is 18.4 Å². The molecule has 6 nitrogen and oxygen atoms in total. The molecule has 1 saturated heterocycles. The summed E-state index contributed by atoms with van der Waals surface area (Å²) >= 11 is 0. The first-order valence-corrected chi connectivity index (χ1v) is 12.9. The standard InChI is InChI=1S/C26H28BN5O.C2H6/c1-16-25(23-12-19-11-20(27)6-7-22(19)32(23)14-17-4-5-17)29-24-13-18(8-10-31(16)24)26(33)30-9-2-3-21(28)15-30;1-2/h6-8,10-13,17,21H,2-5,9,14-15,28H2,1H3;1-2H3. The van der Waals surface area contributed by atoms with Gasteiger partial charge in [-0.05, 0) is 68.2 Å². The molecule has 1 aliphatic carbocycles. The molecule has 2 radical (unpaired) electrons. The number of pyridine rings is 1. The van der Waals surface area contributed by atoms with Crippen molar-refractivity contribution in [2.45, 2.75) is 59.0 Å². The quantitative estimate of drug-likeness (QED) is 0.461. The molecular formula is C28H34BN5O. The van der Waals surface area contributed by atoms with Crippen molar-refractivity contribution in [2.24, 2.45) is 11.7 Å². The highest BCUT2D eigenvalue weighted by molar-refractivity contribution is 6.33. The van der Waals surface area contributed by atoms with Crippen LogP contribution in [0.15, 0.2) is 42.6 Å². The van der Waals surface area contributed by atoms with E-state index in [1.54, 1.807) is 0 Å². The van der Waals surface area contributed by atoms with Gasteiger partial charge in [-0.25, -0.2) is 4.98 Å². The Hall–Kier alpha value is -3.06. The molecule has 1 unspecified atom stereocenters. The number of imidazole rings is 1. The summed E-state index contributed by atoms with van der Waals surface area (Å²) in [5.41, 5.74) is 12.6. The Kier molecular flexibility index (Phi) is 6.45. The lowest BCUT2D eigenvalue weighted by Gasteiger charge is -2.30. The Morgan fingerprint density at radius 1 is 1.14 bits per heavy atom. The van der Waals surface area contributed by atoms with E-state index in [4.69, 9.17) is 18.6 Å². The lowest BCUT2D eigenvalue weighted by atomic mass is 9.95. The van der Waals surface area contributed by atoms with Gasteiger partial charge in [0.2, 0.25) is 0 Å². The van der Waals surface area contributed by atoms with E-state index in [-0.39, 0.29) is 11.9 Å². The summed E-state index contributed by atoms with van der Waals surface area (Å²) in [5, 5.41) is 1.14. The molecule has 4 aromatic rings. The molecule has 2 aliphatic rings. The maximum atomic E-state index is 13.1. The van der Waals surface area contributed by atoms with E-state index in [0.29, 0.717) is 12.1 Å². The Morgan fingerprint density at radius 3 is 2.69 bits per heavy atom. The predicted octanol–water partition coefficient (Wildman–Crippen LogP) is 4.06. The van der Waals surface area contributed by atoms with E-state index in [9.17, 15) is 4.79 Å². The van der Waals surface area contributed by atoms with E-state index in [1.807, 2.05) is 49.2 Å². The Balaban J connectivity index is 0.00000124. The van der Waals surface area contributed by atoms with Crippen LogP contribution in [0.1, 0.15) is 55.6 Å². The molecule has 3 aromatic heterocycles. The molecule has 35 heavy (non-hydrogen) atoms. The van der Waals surface area contributed by atoms with Gasteiger partial charge in [-0.15, -0.1) is 0 Å². The van der Waals surface area contributed by atoms with Crippen LogP contribution in [0.5, 0.6) is 0 Å². The van der Waals surface area contributed by atoms with E-state index < -0.39 is 0 Å². The first kappa shape index (κ1) is 23.7. The summed E-state index contributed by atoms with van der Waals surface area (Å²) in [6.07, 6.45) is 6.46. The fourth-order valence-corrected chi connectivity index (χ4v) is 5.16. The number of hydrogen-bond acceptors (Lipinski definition) is 3. The van der Waals surface area contributed by atoms with Crippen LogP contribution in [0.2, 0.25) is 0 Å². The van der Waals surface area contributed by atoms with Gasteiger partial charge < -0.3 is 19.6 Å². The number of nitrogens with zero attached hydrogens (tertiary/aromatic N) is 4. The molecule has 1 saturated carbocycles. The minimum absolute atomic E-state index is 0.0353. The lowest BCUT2D eigenvalue weighted by Crippen LogP contribution is -2.45. The van der Waals surface area contributed by atoms with Crippen LogP contribution in [0.3, 0.4) is 0 Å². The van der Waals surface area contributed by atoms with Gasteiger partial charge in [0, 0.05) is 48.6 Å². The number of piperidine rings is 1. The zero-order valence-corrected chi connectivity index (χ0v) is 21.0. The van der Waals surface area contributed by atoms with Crippen molar-refractivity contribution < 1.29 is 4.79 Å². The van der Waals surface area contributed by atoms with Crippen molar-refractivity contribution in [3.8, 4) is 11.4 Å². The summed E-state index contributed by atoms with van der Waals surface area (Å²) in [5.74, 6) is 0.766. The second-order valence-electron chi connectivity index (χ2n) is 9.74. The smallest absolute Gasteiger partial charge is 0.254 e. The van der Waals surface area contributed by atoms with Crippen LogP contribution in [-0.2, 0) is 6.54 Å². The van der Waals surface area contributed by atoms with Crippen LogP contribution < -0.4 is 11.2 Å². The second-order valence-corrected chi connectivity index (χ2v) is 9.74. The first-order valence-electron chi connectivity index (χ1n) is 12.9. The van der Waals surface area contributed by atoms with Crippen LogP contribution in [-0.4, -0.2) is 51.7 Å². The minimum atomic E-state index is 0.0353. The number of fused-ring (bicyclic) bond motifs is 2. The highest BCUT2D eigenvalue weighted by Gasteiger charge is 2.26. The van der Waals surface area contributed by atoms with Crippen molar-refractivity contribution in [2.75, 3.05) is 13.1 Å². The highest BCUT2D eigenvalue weighted by Crippen LogP contribution is 2.36. The van der Waals surface area contributed by atoms with Crippen LogP contribution in [0.25, 0.3) is 27.9 Å². The van der Waals surface area contributed by atoms with Crippen molar-refractivity contribution >= 4 is 35.8 Å². The number of benzene rings is 1. The van der Waals surface area contributed by atoms with Crippen LogP contribution in [0, 0.1) is 12.8 Å².